The molecule has 1 unspecified atom stereocenters. The van der Waals surface area contributed by atoms with Crippen LogP contribution >= 0.6 is 11.6 Å². The number of halogens is 2. The van der Waals surface area contributed by atoms with Crippen LogP contribution in [0, 0.1) is 24.6 Å². The molecule has 0 nitrogen and oxygen atoms in total. The van der Waals surface area contributed by atoms with Crippen molar-refractivity contribution in [3.8, 4) is 11.8 Å². The number of benzene rings is 2. The van der Waals surface area contributed by atoms with Crippen molar-refractivity contribution >= 4 is 17.7 Å². The Morgan fingerprint density at radius 1 is 1.12 bits per heavy atom. The minimum absolute atomic E-state index is 0.0417. The Kier molecular flexibility index (Phi) is 7.76. The second kappa shape index (κ2) is 10.1. The number of aryl methyl sites for hydroxylation is 1. The molecule has 0 bridgehead atoms. The van der Waals surface area contributed by atoms with Crippen LogP contribution in [0.5, 0.6) is 0 Å². The van der Waals surface area contributed by atoms with E-state index in [1.807, 2.05) is 6.08 Å². The summed E-state index contributed by atoms with van der Waals surface area (Å²) in [5.74, 6) is 6.80. The van der Waals surface area contributed by atoms with E-state index in [9.17, 15) is 4.39 Å². The second-order valence-electron chi connectivity index (χ2n) is 6.17. The van der Waals surface area contributed by atoms with Gasteiger partial charge in [0.1, 0.15) is 5.82 Å². The Morgan fingerprint density at radius 2 is 1.80 bits per heavy atom. The Bertz CT molecular complexity index is 745. The van der Waals surface area contributed by atoms with E-state index < -0.39 is 0 Å². The van der Waals surface area contributed by atoms with Gasteiger partial charge in [-0.15, -0.1) is 17.5 Å². The number of unbranched alkanes of at least 4 members (excludes halogenated alkanes) is 2. The molecule has 0 saturated heterocycles. The van der Waals surface area contributed by atoms with Crippen molar-refractivity contribution in [1.29, 1.82) is 0 Å². The van der Waals surface area contributed by atoms with E-state index in [1.54, 1.807) is 12.1 Å². The van der Waals surface area contributed by atoms with Crippen molar-refractivity contribution in [2.45, 2.75) is 39.0 Å². The maximum atomic E-state index is 13.1. The molecule has 0 heterocycles. The Morgan fingerprint density at radius 3 is 2.40 bits per heavy atom. The van der Waals surface area contributed by atoms with E-state index >= 15 is 0 Å². The van der Waals surface area contributed by atoms with Crippen LogP contribution in [-0.2, 0) is 0 Å². The first-order valence-corrected chi connectivity index (χ1v) is 9.24. The summed E-state index contributed by atoms with van der Waals surface area (Å²) in [5.41, 5.74) is 4.32. The van der Waals surface area contributed by atoms with E-state index in [0.29, 0.717) is 5.88 Å². The van der Waals surface area contributed by atoms with E-state index in [2.05, 4.69) is 50.0 Å². The number of hydrogen-bond acceptors (Lipinski definition) is 0. The summed E-state index contributed by atoms with van der Waals surface area (Å²) in [6, 6.07) is 14.9. The smallest absolute Gasteiger partial charge is 0.123 e. The SMILES string of the molecule is CCCCC#CC(/C(=C/c1ccc(F)cc1)CCl)c1ccc(C)cc1. The molecule has 0 fully saturated rings. The minimum Gasteiger partial charge on any atom is -0.207 e. The molecule has 0 N–H and O–H groups in total. The predicted octanol–water partition coefficient (Wildman–Crippen LogP) is 6.73. The number of rotatable bonds is 6. The average molecular weight is 355 g/mol. The van der Waals surface area contributed by atoms with Crippen LogP contribution in [0.3, 0.4) is 0 Å². The topological polar surface area (TPSA) is 0 Å². The van der Waals surface area contributed by atoms with Gasteiger partial charge in [-0.3, -0.25) is 0 Å². The van der Waals surface area contributed by atoms with E-state index in [0.717, 1.165) is 36.0 Å². The summed E-state index contributed by atoms with van der Waals surface area (Å²) < 4.78 is 13.1. The maximum absolute atomic E-state index is 13.1. The van der Waals surface area contributed by atoms with Crippen LogP contribution in [0.25, 0.3) is 6.08 Å². The first-order valence-electron chi connectivity index (χ1n) is 8.71. The van der Waals surface area contributed by atoms with Crippen molar-refractivity contribution in [2.75, 3.05) is 5.88 Å². The van der Waals surface area contributed by atoms with E-state index in [1.165, 1.54) is 17.7 Å². The molecule has 0 radical (unpaired) electrons. The molecular formula is C23H24ClF. The zero-order valence-electron chi connectivity index (χ0n) is 14.9. The summed E-state index contributed by atoms with van der Waals surface area (Å²) in [5, 5.41) is 0. The molecule has 2 aromatic rings. The number of hydrogen-bond donors (Lipinski definition) is 0. The highest BCUT2D eigenvalue weighted by molar-refractivity contribution is 6.20. The zero-order valence-corrected chi connectivity index (χ0v) is 15.6. The Hall–Kier alpha value is -2.04. The molecule has 0 aliphatic carbocycles. The van der Waals surface area contributed by atoms with Gasteiger partial charge in [-0.05, 0) is 42.2 Å². The highest BCUT2D eigenvalue weighted by atomic mass is 35.5. The first-order chi connectivity index (χ1) is 12.1. The van der Waals surface area contributed by atoms with Crippen LogP contribution in [0.2, 0.25) is 0 Å². The van der Waals surface area contributed by atoms with Crippen molar-refractivity contribution in [3.63, 3.8) is 0 Å². The van der Waals surface area contributed by atoms with Crippen LogP contribution in [0.15, 0.2) is 54.1 Å². The molecule has 0 spiro atoms. The fourth-order valence-electron chi connectivity index (χ4n) is 2.56. The third-order valence-corrected chi connectivity index (χ3v) is 4.37. The van der Waals surface area contributed by atoms with Gasteiger partial charge in [0.15, 0.2) is 0 Å². The third kappa shape index (κ3) is 6.07. The quantitative estimate of drug-likeness (QED) is 0.306. The van der Waals surface area contributed by atoms with Gasteiger partial charge in [0.2, 0.25) is 0 Å². The monoisotopic (exact) mass is 354 g/mol. The lowest BCUT2D eigenvalue weighted by Gasteiger charge is -2.15. The van der Waals surface area contributed by atoms with Gasteiger partial charge in [0.05, 0.1) is 5.92 Å². The average Bonchev–Trinajstić information content (AvgIpc) is 2.63. The van der Waals surface area contributed by atoms with Gasteiger partial charge in [0.25, 0.3) is 0 Å². The highest BCUT2D eigenvalue weighted by Crippen LogP contribution is 2.27. The minimum atomic E-state index is -0.237. The molecule has 0 aliphatic rings. The maximum Gasteiger partial charge on any atom is 0.123 e. The molecule has 2 rings (SSSR count). The first kappa shape index (κ1) is 19.3. The fraction of sp³-hybridized carbons (Fsp3) is 0.304. The lowest BCUT2D eigenvalue weighted by atomic mass is 9.90. The van der Waals surface area contributed by atoms with Crippen molar-refractivity contribution in [1.82, 2.24) is 0 Å². The highest BCUT2D eigenvalue weighted by Gasteiger charge is 2.14. The lowest BCUT2D eigenvalue weighted by molar-refractivity contribution is 0.628. The van der Waals surface area contributed by atoms with Gasteiger partial charge in [-0.1, -0.05) is 67.3 Å². The van der Waals surface area contributed by atoms with Gasteiger partial charge in [0, 0.05) is 12.3 Å². The number of alkyl halides is 1. The molecule has 2 aromatic carbocycles. The van der Waals surface area contributed by atoms with Gasteiger partial charge in [-0.2, -0.15) is 0 Å². The normalized spacial score (nSPS) is 12.4. The molecule has 25 heavy (non-hydrogen) atoms. The third-order valence-electron chi connectivity index (χ3n) is 4.06. The fourth-order valence-corrected chi connectivity index (χ4v) is 2.79. The van der Waals surface area contributed by atoms with Crippen molar-refractivity contribution in [2.24, 2.45) is 0 Å². The molecular weight excluding hydrogens is 331 g/mol. The summed E-state index contributed by atoms with van der Waals surface area (Å²) in [6.07, 6.45) is 5.15. The summed E-state index contributed by atoms with van der Waals surface area (Å²) in [4.78, 5) is 0. The van der Waals surface area contributed by atoms with Gasteiger partial charge < -0.3 is 0 Å². The van der Waals surface area contributed by atoms with Crippen LogP contribution in [-0.4, -0.2) is 5.88 Å². The lowest BCUT2D eigenvalue weighted by Crippen LogP contribution is -2.02. The largest absolute Gasteiger partial charge is 0.207 e. The van der Waals surface area contributed by atoms with Crippen molar-refractivity contribution in [3.05, 3.63) is 76.6 Å². The summed E-state index contributed by atoms with van der Waals surface area (Å²) in [6.45, 7) is 4.24. The number of allylic oxidation sites excluding steroid dienone is 1. The van der Waals surface area contributed by atoms with Crippen molar-refractivity contribution < 1.29 is 4.39 Å². The Labute approximate surface area is 155 Å². The molecule has 0 aliphatic heterocycles. The van der Waals surface area contributed by atoms with E-state index in [-0.39, 0.29) is 11.7 Å². The molecule has 0 amide bonds. The van der Waals surface area contributed by atoms with Crippen LogP contribution < -0.4 is 0 Å². The molecule has 2 heteroatoms. The molecule has 1 atom stereocenters. The van der Waals surface area contributed by atoms with Crippen LogP contribution in [0.4, 0.5) is 4.39 Å². The molecule has 0 saturated carbocycles. The predicted molar refractivity (Wildman–Crippen MR) is 106 cm³/mol. The zero-order chi connectivity index (χ0) is 18.1. The molecule has 130 valence electrons. The molecule has 0 aromatic heterocycles. The van der Waals surface area contributed by atoms with Gasteiger partial charge in [-0.25, -0.2) is 4.39 Å². The van der Waals surface area contributed by atoms with Crippen LogP contribution in [0.1, 0.15) is 48.8 Å². The summed E-state index contributed by atoms with van der Waals surface area (Å²) in [7, 11) is 0. The summed E-state index contributed by atoms with van der Waals surface area (Å²) >= 11 is 6.25. The van der Waals surface area contributed by atoms with Gasteiger partial charge >= 0.3 is 0 Å². The Balaban J connectivity index is 2.37. The second-order valence-corrected chi connectivity index (χ2v) is 6.44. The standard InChI is InChI=1S/C23H24ClF/c1-3-4-5-6-7-23(20-12-8-18(2)9-13-20)21(17-24)16-19-10-14-22(25)15-11-19/h8-16,23H,3-5,17H2,1-2H3/b21-16+. The van der Waals surface area contributed by atoms with E-state index in [4.69, 9.17) is 11.6 Å².